The van der Waals surface area contributed by atoms with Crippen molar-refractivity contribution in [1.82, 2.24) is 19.9 Å². The lowest BCUT2D eigenvalue weighted by Gasteiger charge is -2.10. The maximum Gasteiger partial charge on any atom is 0.300 e. The Morgan fingerprint density at radius 2 is 2.07 bits per heavy atom. The van der Waals surface area contributed by atoms with Crippen LogP contribution in [0, 0.1) is 6.92 Å². The predicted octanol–water partition coefficient (Wildman–Crippen LogP) is 3.87. The molecule has 5 rings (SSSR count). The van der Waals surface area contributed by atoms with Crippen LogP contribution in [-0.4, -0.2) is 25.0 Å². The molecule has 1 aromatic carbocycles. The van der Waals surface area contributed by atoms with Crippen molar-refractivity contribution in [2.24, 2.45) is 0 Å². The molecule has 0 bridgehead atoms. The number of oxazole rings is 1. The van der Waals surface area contributed by atoms with Crippen molar-refractivity contribution in [3.63, 3.8) is 0 Å². The summed E-state index contributed by atoms with van der Waals surface area (Å²) in [5, 5.41) is 10.8. The highest BCUT2D eigenvalue weighted by atomic mass is 35.5. The van der Waals surface area contributed by atoms with E-state index >= 15 is 0 Å². The van der Waals surface area contributed by atoms with E-state index in [4.69, 9.17) is 16.0 Å². The number of aromatic hydroxyl groups is 1. The van der Waals surface area contributed by atoms with E-state index in [1.54, 1.807) is 18.5 Å². The molecule has 1 aliphatic heterocycles. The van der Waals surface area contributed by atoms with Crippen LogP contribution in [0.5, 0.6) is 5.75 Å². The van der Waals surface area contributed by atoms with E-state index in [0.717, 1.165) is 16.8 Å². The number of hydrogen-bond donors (Lipinski definition) is 1. The molecule has 1 N–H and O–H groups in total. The van der Waals surface area contributed by atoms with Crippen LogP contribution in [-0.2, 0) is 13.1 Å². The van der Waals surface area contributed by atoms with Gasteiger partial charge in [0.05, 0.1) is 24.5 Å². The van der Waals surface area contributed by atoms with Crippen molar-refractivity contribution in [2.75, 3.05) is 4.90 Å². The number of phenols is 1. The van der Waals surface area contributed by atoms with Gasteiger partial charge in [0.1, 0.15) is 12.1 Å². The van der Waals surface area contributed by atoms with Crippen molar-refractivity contribution < 1.29 is 9.52 Å². The Hall–Kier alpha value is -3.19. The molecule has 0 atom stereocenters. The van der Waals surface area contributed by atoms with Crippen LogP contribution in [0.3, 0.4) is 0 Å². The molecular formula is C19H14ClN5O2. The summed E-state index contributed by atoms with van der Waals surface area (Å²) >= 11 is 6.00. The minimum absolute atomic E-state index is 0.0872. The number of anilines is 1. The van der Waals surface area contributed by atoms with E-state index in [-0.39, 0.29) is 5.75 Å². The fourth-order valence-electron chi connectivity index (χ4n) is 3.38. The van der Waals surface area contributed by atoms with E-state index in [9.17, 15) is 5.11 Å². The highest BCUT2D eigenvalue weighted by molar-refractivity contribution is 6.31. The Morgan fingerprint density at radius 3 is 2.89 bits per heavy atom. The van der Waals surface area contributed by atoms with Crippen molar-refractivity contribution in [3.05, 3.63) is 58.6 Å². The maximum absolute atomic E-state index is 10.3. The quantitative estimate of drug-likeness (QED) is 0.565. The molecule has 134 valence electrons. The molecule has 0 unspecified atom stereocenters. The van der Waals surface area contributed by atoms with Crippen LogP contribution in [0.25, 0.3) is 22.5 Å². The number of aryl methyl sites for hydroxylation is 1. The van der Waals surface area contributed by atoms with Gasteiger partial charge in [0.25, 0.3) is 0 Å². The average molecular weight is 380 g/mol. The second-order valence-electron chi connectivity index (χ2n) is 6.48. The van der Waals surface area contributed by atoms with E-state index in [1.807, 2.05) is 24.1 Å². The number of aromatic nitrogens is 4. The van der Waals surface area contributed by atoms with Gasteiger partial charge in [-0.2, -0.15) is 4.98 Å². The molecule has 0 fully saturated rings. The van der Waals surface area contributed by atoms with Gasteiger partial charge in [-0.3, -0.25) is 0 Å². The largest absolute Gasteiger partial charge is 0.507 e. The first-order valence-corrected chi connectivity index (χ1v) is 8.76. The van der Waals surface area contributed by atoms with Gasteiger partial charge in [-0.1, -0.05) is 11.6 Å². The summed E-state index contributed by atoms with van der Waals surface area (Å²) in [7, 11) is 0. The van der Waals surface area contributed by atoms with Gasteiger partial charge in [-0.05, 0) is 36.8 Å². The minimum atomic E-state index is 0.0872. The zero-order valence-electron chi connectivity index (χ0n) is 14.3. The SMILES string of the molecule is Cc1cc(Cl)cc(O)c1-c1ccc2oc(N3Cc4cncnc4C3)nc2n1. The fourth-order valence-corrected chi connectivity index (χ4v) is 3.64. The van der Waals surface area contributed by atoms with Crippen LogP contribution in [0.2, 0.25) is 5.02 Å². The molecule has 27 heavy (non-hydrogen) atoms. The van der Waals surface area contributed by atoms with Crippen LogP contribution >= 0.6 is 11.6 Å². The van der Waals surface area contributed by atoms with Gasteiger partial charge < -0.3 is 14.4 Å². The number of pyridine rings is 1. The molecule has 4 aromatic rings. The molecule has 3 aromatic heterocycles. The second kappa shape index (κ2) is 5.92. The molecule has 7 nitrogen and oxygen atoms in total. The zero-order chi connectivity index (χ0) is 18.5. The lowest BCUT2D eigenvalue weighted by molar-refractivity contribution is 0.477. The smallest absolute Gasteiger partial charge is 0.300 e. The van der Waals surface area contributed by atoms with Crippen molar-refractivity contribution in [3.8, 4) is 17.0 Å². The van der Waals surface area contributed by atoms with Crippen LogP contribution in [0.4, 0.5) is 6.01 Å². The van der Waals surface area contributed by atoms with Crippen molar-refractivity contribution in [1.29, 1.82) is 0 Å². The summed E-state index contributed by atoms with van der Waals surface area (Å²) in [6, 6.07) is 7.40. The highest BCUT2D eigenvalue weighted by Gasteiger charge is 2.25. The summed E-state index contributed by atoms with van der Waals surface area (Å²) in [6.45, 7) is 3.14. The van der Waals surface area contributed by atoms with Gasteiger partial charge in [0.15, 0.2) is 5.58 Å². The van der Waals surface area contributed by atoms with Crippen LogP contribution < -0.4 is 4.90 Å². The third-order valence-electron chi connectivity index (χ3n) is 4.63. The summed E-state index contributed by atoms with van der Waals surface area (Å²) in [5.74, 6) is 0.0872. The first-order valence-electron chi connectivity index (χ1n) is 8.38. The monoisotopic (exact) mass is 379 g/mol. The Balaban J connectivity index is 1.53. The van der Waals surface area contributed by atoms with E-state index < -0.39 is 0 Å². The van der Waals surface area contributed by atoms with E-state index in [1.165, 1.54) is 6.07 Å². The van der Waals surface area contributed by atoms with E-state index in [0.29, 0.717) is 46.6 Å². The molecule has 8 heteroatoms. The Morgan fingerprint density at radius 1 is 1.19 bits per heavy atom. The lowest BCUT2D eigenvalue weighted by atomic mass is 10.0. The summed E-state index contributed by atoms with van der Waals surface area (Å²) < 4.78 is 5.87. The number of phenolic OH excluding ortho intramolecular Hbond substituents is 1. The molecule has 0 spiro atoms. The molecule has 4 heterocycles. The van der Waals surface area contributed by atoms with Gasteiger partial charge in [0.2, 0.25) is 5.65 Å². The van der Waals surface area contributed by atoms with Crippen molar-refractivity contribution in [2.45, 2.75) is 20.0 Å². The third-order valence-corrected chi connectivity index (χ3v) is 4.85. The van der Waals surface area contributed by atoms with Crippen LogP contribution in [0.1, 0.15) is 16.8 Å². The third kappa shape index (κ3) is 2.67. The standard InChI is InChI=1S/C19H14ClN5O2/c1-10-4-12(20)5-15(26)17(10)13-2-3-16-18(23-13)24-19(27-16)25-7-11-6-21-9-22-14(11)8-25/h2-6,9,26H,7-8H2,1H3. The highest BCUT2D eigenvalue weighted by Crippen LogP contribution is 2.35. The molecule has 0 radical (unpaired) electrons. The minimum Gasteiger partial charge on any atom is -0.507 e. The topological polar surface area (TPSA) is 88.2 Å². The number of fused-ring (bicyclic) bond motifs is 2. The summed E-state index contributed by atoms with van der Waals surface area (Å²) in [5.41, 5.74) is 5.20. The molecular weight excluding hydrogens is 366 g/mol. The van der Waals surface area contributed by atoms with Gasteiger partial charge in [0, 0.05) is 22.3 Å². The second-order valence-corrected chi connectivity index (χ2v) is 6.92. The average Bonchev–Trinajstić information content (AvgIpc) is 3.24. The molecule has 0 saturated carbocycles. The zero-order valence-corrected chi connectivity index (χ0v) is 15.1. The molecule has 1 aliphatic rings. The molecule has 0 saturated heterocycles. The van der Waals surface area contributed by atoms with Gasteiger partial charge >= 0.3 is 6.01 Å². The number of benzene rings is 1. The molecule has 0 amide bonds. The van der Waals surface area contributed by atoms with E-state index in [2.05, 4.69) is 19.9 Å². The van der Waals surface area contributed by atoms with Gasteiger partial charge in [-0.15, -0.1) is 0 Å². The predicted molar refractivity (Wildman–Crippen MR) is 101 cm³/mol. The first kappa shape index (κ1) is 16.0. The maximum atomic E-state index is 10.3. The number of halogens is 1. The normalized spacial score (nSPS) is 13.3. The Kier molecular flexibility index (Phi) is 3.51. The summed E-state index contributed by atoms with van der Waals surface area (Å²) in [6.07, 6.45) is 3.36. The van der Waals surface area contributed by atoms with Crippen molar-refractivity contribution >= 4 is 28.8 Å². The lowest BCUT2D eigenvalue weighted by Crippen LogP contribution is -2.14. The number of nitrogens with zero attached hydrogens (tertiary/aromatic N) is 5. The number of rotatable bonds is 2. The van der Waals surface area contributed by atoms with Gasteiger partial charge in [-0.25, -0.2) is 15.0 Å². The Labute approximate surface area is 159 Å². The fraction of sp³-hybridized carbons (Fsp3) is 0.158. The molecule has 0 aliphatic carbocycles. The van der Waals surface area contributed by atoms with Crippen LogP contribution in [0.15, 0.2) is 41.2 Å². The Bertz CT molecular complexity index is 1140. The summed E-state index contributed by atoms with van der Waals surface area (Å²) in [4.78, 5) is 19.5. The first-order chi connectivity index (χ1) is 13.1. The number of hydrogen-bond acceptors (Lipinski definition) is 7.